The van der Waals surface area contributed by atoms with Crippen LogP contribution in [0.3, 0.4) is 0 Å². The summed E-state index contributed by atoms with van der Waals surface area (Å²) in [5, 5.41) is 13.0. The van der Waals surface area contributed by atoms with Gasteiger partial charge in [-0.1, -0.05) is 0 Å². The summed E-state index contributed by atoms with van der Waals surface area (Å²) in [6.07, 6.45) is 4.19. The Morgan fingerprint density at radius 3 is 2.64 bits per heavy atom. The summed E-state index contributed by atoms with van der Waals surface area (Å²) in [6, 6.07) is 7.21. The number of halogens is 1. The molecule has 0 spiro atoms. The Balaban J connectivity index is 2.06. The number of H-pyrrole nitrogens is 1. The number of nitro groups is 1. The number of non-ortho nitro benzene ring substituents is 1. The molecular weight excluding hydrogens is 354 g/mol. The van der Waals surface area contributed by atoms with Gasteiger partial charge in [0.1, 0.15) is 5.69 Å². The fraction of sp³-hybridized carbons (Fsp3) is 0. The van der Waals surface area contributed by atoms with E-state index in [0.717, 1.165) is 0 Å². The molecule has 112 valence electrons. The molecule has 2 rings (SSSR count). The molecule has 0 aliphatic carbocycles. The highest BCUT2D eigenvalue weighted by molar-refractivity contribution is 9.10. The largest absolute Gasteiger partial charge is 0.326 e. The normalized spacial score (nSPS) is 10.6. The van der Waals surface area contributed by atoms with Crippen LogP contribution in [0.25, 0.3) is 6.08 Å². The number of nitro benzene ring substituents is 1. The lowest BCUT2D eigenvalue weighted by atomic mass is 10.2. The van der Waals surface area contributed by atoms with Gasteiger partial charge in [-0.25, -0.2) is 0 Å². The lowest BCUT2D eigenvalue weighted by molar-refractivity contribution is -0.384. The predicted octanol–water partition coefficient (Wildman–Crippen LogP) is 2.70. The van der Waals surface area contributed by atoms with Crippen molar-refractivity contribution in [3.05, 3.63) is 73.1 Å². The van der Waals surface area contributed by atoms with Crippen molar-refractivity contribution in [1.29, 1.82) is 0 Å². The summed E-state index contributed by atoms with van der Waals surface area (Å²) in [7, 11) is 0. The molecular formula is C14H10BrN3O4. The molecule has 1 aromatic carbocycles. The van der Waals surface area contributed by atoms with Crippen LogP contribution in [0.2, 0.25) is 0 Å². The molecule has 0 bridgehead atoms. The fourth-order valence-corrected chi connectivity index (χ4v) is 1.95. The Labute approximate surface area is 133 Å². The first-order valence-corrected chi connectivity index (χ1v) is 6.87. The maximum absolute atomic E-state index is 11.8. The van der Waals surface area contributed by atoms with Gasteiger partial charge in [0.25, 0.3) is 11.2 Å². The van der Waals surface area contributed by atoms with Gasteiger partial charge in [-0.05, 0) is 45.8 Å². The molecule has 0 atom stereocenters. The molecule has 0 unspecified atom stereocenters. The van der Waals surface area contributed by atoms with Crippen molar-refractivity contribution in [3.8, 4) is 0 Å². The number of aromatic nitrogens is 1. The van der Waals surface area contributed by atoms with E-state index in [0.29, 0.717) is 10.0 Å². The number of pyridine rings is 1. The molecule has 0 aliphatic rings. The minimum atomic E-state index is -0.500. The number of rotatable bonds is 4. The van der Waals surface area contributed by atoms with E-state index >= 15 is 0 Å². The van der Waals surface area contributed by atoms with Gasteiger partial charge in [0.05, 0.1) is 4.92 Å². The Bertz CT molecular complexity index is 796. The maximum atomic E-state index is 11.8. The monoisotopic (exact) mass is 363 g/mol. The predicted molar refractivity (Wildman–Crippen MR) is 85.5 cm³/mol. The van der Waals surface area contributed by atoms with E-state index in [2.05, 4.69) is 26.2 Å². The number of carbonyl (C=O) groups is 1. The van der Waals surface area contributed by atoms with Crippen molar-refractivity contribution in [2.45, 2.75) is 0 Å². The minimum absolute atomic E-state index is 0.0257. The summed E-state index contributed by atoms with van der Waals surface area (Å²) in [4.78, 5) is 35.7. The molecule has 0 radical (unpaired) electrons. The molecule has 7 nitrogen and oxygen atoms in total. The number of hydrogen-bond donors (Lipinski definition) is 2. The Kier molecular flexibility index (Phi) is 4.84. The van der Waals surface area contributed by atoms with Crippen molar-refractivity contribution in [1.82, 2.24) is 4.98 Å². The first kappa shape index (κ1) is 15.6. The van der Waals surface area contributed by atoms with Crippen molar-refractivity contribution < 1.29 is 9.72 Å². The van der Waals surface area contributed by atoms with Gasteiger partial charge in [-0.15, -0.1) is 0 Å². The van der Waals surface area contributed by atoms with E-state index in [9.17, 15) is 19.7 Å². The number of amides is 1. The number of carbonyl (C=O) groups excluding carboxylic acids is 1. The van der Waals surface area contributed by atoms with Crippen molar-refractivity contribution in [2.75, 3.05) is 5.32 Å². The zero-order valence-electron chi connectivity index (χ0n) is 11.1. The molecule has 0 fully saturated rings. The number of anilines is 1. The molecule has 0 aliphatic heterocycles. The van der Waals surface area contributed by atoms with E-state index in [-0.39, 0.29) is 11.4 Å². The van der Waals surface area contributed by atoms with Crippen LogP contribution < -0.4 is 10.9 Å². The SMILES string of the molecule is O=C(/C=C/c1ccc([N+](=O)[O-])cc1)Nc1cc(Br)c[nH]c1=O. The smallest absolute Gasteiger partial charge is 0.271 e. The number of aromatic amines is 1. The first-order chi connectivity index (χ1) is 10.5. The third-order valence-electron chi connectivity index (χ3n) is 2.66. The third-order valence-corrected chi connectivity index (χ3v) is 3.11. The number of nitrogens with zero attached hydrogens (tertiary/aromatic N) is 1. The lowest BCUT2D eigenvalue weighted by Gasteiger charge is -2.01. The average Bonchev–Trinajstić information content (AvgIpc) is 2.49. The molecule has 2 aromatic rings. The summed E-state index contributed by atoms with van der Waals surface area (Å²) in [5.74, 6) is -0.484. The Morgan fingerprint density at radius 2 is 2.00 bits per heavy atom. The standard InChI is InChI=1S/C14H10BrN3O4/c15-10-7-12(14(20)16-8-10)17-13(19)6-3-9-1-4-11(5-2-9)18(21)22/h1-8H,(H,16,20)(H,17,19)/b6-3+. The highest BCUT2D eigenvalue weighted by Gasteiger charge is 2.05. The topological polar surface area (TPSA) is 105 Å². The Hall–Kier alpha value is -2.74. The van der Waals surface area contributed by atoms with Crippen LogP contribution in [0.5, 0.6) is 0 Å². The summed E-state index contributed by atoms with van der Waals surface area (Å²) in [5.41, 5.74) is 0.305. The van der Waals surface area contributed by atoms with Crippen molar-refractivity contribution in [2.24, 2.45) is 0 Å². The maximum Gasteiger partial charge on any atom is 0.271 e. The quantitative estimate of drug-likeness (QED) is 0.494. The van der Waals surface area contributed by atoms with E-state index < -0.39 is 16.4 Å². The second-order valence-electron chi connectivity index (χ2n) is 4.23. The number of hydrogen-bond acceptors (Lipinski definition) is 4. The van der Waals surface area contributed by atoms with Crippen molar-refractivity contribution >= 4 is 39.3 Å². The average molecular weight is 364 g/mol. The van der Waals surface area contributed by atoms with E-state index in [4.69, 9.17) is 0 Å². The summed E-state index contributed by atoms with van der Waals surface area (Å²) in [6.45, 7) is 0. The zero-order valence-corrected chi connectivity index (χ0v) is 12.7. The number of benzene rings is 1. The van der Waals surface area contributed by atoms with Crippen LogP contribution >= 0.6 is 15.9 Å². The highest BCUT2D eigenvalue weighted by Crippen LogP contribution is 2.13. The van der Waals surface area contributed by atoms with Crippen LogP contribution in [0.1, 0.15) is 5.56 Å². The van der Waals surface area contributed by atoms with Gasteiger partial charge in [0, 0.05) is 28.9 Å². The molecule has 1 amide bonds. The molecule has 8 heteroatoms. The van der Waals surface area contributed by atoms with Crippen molar-refractivity contribution in [3.63, 3.8) is 0 Å². The van der Waals surface area contributed by atoms with Gasteiger partial charge in [-0.3, -0.25) is 19.7 Å². The second-order valence-corrected chi connectivity index (χ2v) is 5.15. The zero-order chi connectivity index (χ0) is 16.1. The van der Waals surface area contributed by atoms with E-state index in [1.807, 2.05) is 0 Å². The van der Waals surface area contributed by atoms with Crippen LogP contribution in [-0.4, -0.2) is 15.8 Å². The third kappa shape index (κ3) is 4.13. The van der Waals surface area contributed by atoms with Crippen LogP contribution in [0.4, 0.5) is 11.4 Å². The van der Waals surface area contributed by atoms with Gasteiger partial charge in [-0.2, -0.15) is 0 Å². The second kappa shape index (κ2) is 6.81. The molecule has 2 N–H and O–H groups in total. The van der Waals surface area contributed by atoms with Gasteiger partial charge >= 0.3 is 0 Å². The lowest BCUT2D eigenvalue weighted by Crippen LogP contribution is -2.17. The minimum Gasteiger partial charge on any atom is -0.326 e. The molecule has 1 aromatic heterocycles. The van der Waals surface area contributed by atoms with Gasteiger partial charge in [0.2, 0.25) is 5.91 Å². The summed E-state index contributed by atoms with van der Waals surface area (Å²) >= 11 is 3.19. The fourth-order valence-electron chi connectivity index (χ4n) is 1.60. The Morgan fingerprint density at radius 1 is 1.32 bits per heavy atom. The number of nitrogens with one attached hydrogen (secondary N) is 2. The van der Waals surface area contributed by atoms with Crippen LogP contribution in [-0.2, 0) is 4.79 Å². The van der Waals surface area contributed by atoms with Crippen LogP contribution in [0.15, 0.2) is 51.9 Å². The van der Waals surface area contributed by atoms with E-state index in [1.54, 1.807) is 0 Å². The van der Waals surface area contributed by atoms with E-state index in [1.165, 1.54) is 48.7 Å². The molecule has 1 heterocycles. The van der Waals surface area contributed by atoms with Gasteiger partial charge < -0.3 is 10.3 Å². The molecule has 22 heavy (non-hydrogen) atoms. The van der Waals surface area contributed by atoms with Crippen LogP contribution in [0, 0.1) is 10.1 Å². The van der Waals surface area contributed by atoms with Gasteiger partial charge in [0.15, 0.2) is 0 Å². The highest BCUT2D eigenvalue weighted by atomic mass is 79.9. The summed E-state index contributed by atoms with van der Waals surface area (Å²) < 4.78 is 0.627. The molecule has 0 saturated carbocycles. The molecule has 0 saturated heterocycles. The first-order valence-electron chi connectivity index (χ1n) is 6.07.